The molecule has 1 aromatic heterocycles. The summed E-state index contributed by atoms with van der Waals surface area (Å²) in [4.78, 5) is 14.9. The number of rotatable bonds is 4. The fourth-order valence-corrected chi connectivity index (χ4v) is 1.53. The zero-order chi connectivity index (χ0) is 13.1. The molecular weight excluding hydrogens is 236 g/mol. The van der Waals surface area contributed by atoms with Gasteiger partial charge in [0.15, 0.2) is 5.82 Å². The average molecular weight is 248 g/mol. The fraction of sp³-hybridized carbons (Fsp3) is 0.182. The number of aryl methyl sites for hydroxylation is 1. The predicted octanol–water partition coefficient (Wildman–Crippen LogP) is 1.27. The molecule has 0 fully saturated rings. The topological polar surface area (TPSA) is 114 Å². The van der Waals surface area contributed by atoms with E-state index in [-0.39, 0.29) is 11.3 Å². The van der Waals surface area contributed by atoms with Gasteiger partial charge in [0.25, 0.3) is 0 Å². The zero-order valence-corrected chi connectivity index (χ0v) is 9.67. The summed E-state index contributed by atoms with van der Waals surface area (Å²) in [5, 5.41) is 15.7. The molecule has 94 valence electrons. The molecule has 2 aromatic rings. The van der Waals surface area contributed by atoms with Crippen molar-refractivity contribution in [3.63, 3.8) is 0 Å². The molecule has 0 aliphatic carbocycles. The minimum Gasteiger partial charge on any atom is -0.478 e. The second-order valence-corrected chi connectivity index (χ2v) is 3.76. The quantitative estimate of drug-likeness (QED) is 0.698. The summed E-state index contributed by atoms with van der Waals surface area (Å²) in [6.07, 6.45) is 1.23. The van der Waals surface area contributed by atoms with Gasteiger partial charge in [0.1, 0.15) is 0 Å². The number of benzene rings is 1. The van der Waals surface area contributed by atoms with Crippen LogP contribution in [0.2, 0.25) is 0 Å². The van der Waals surface area contributed by atoms with Gasteiger partial charge in [0, 0.05) is 11.4 Å². The maximum absolute atomic E-state index is 11.0. The van der Waals surface area contributed by atoms with Gasteiger partial charge in [0.05, 0.1) is 12.1 Å². The lowest BCUT2D eigenvalue weighted by Crippen LogP contribution is -2.07. The predicted molar refractivity (Wildman–Crippen MR) is 64.2 cm³/mol. The number of nitrogen functional groups attached to an aromatic ring is 1. The molecule has 0 aliphatic heterocycles. The Hall–Kier alpha value is -2.57. The van der Waals surface area contributed by atoms with E-state index in [2.05, 4.69) is 20.0 Å². The average Bonchev–Trinajstić information content (AvgIpc) is 2.83. The largest absolute Gasteiger partial charge is 0.478 e. The lowest BCUT2D eigenvalue weighted by atomic mass is 10.1. The van der Waals surface area contributed by atoms with Crippen LogP contribution in [0.4, 0.5) is 11.4 Å². The Kier molecular flexibility index (Phi) is 3.13. The van der Waals surface area contributed by atoms with E-state index in [4.69, 9.17) is 10.8 Å². The fourth-order valence-electron chi connectivity index (χ4n) is 1.53. The summed E-state index contributed by atoms with van der Waals surface area (Å²) in [6, 6.07) is 3.24. The van der Waals surface area contributed by atoms with Crippen LogP contribution < -0.4 is 11.1 Å². The molecule has 0 bridgehead atoms. The molecule has 0 atom stereocenters. The number of aromatic nitrogens is 2. The van der Waals surface area contributed by atoms with Gasteiger partial charge in [-0.3, -0.25) is 0 Å². The molecule has 0 saturated heterocycles. The highest BCUT2D eigenvalue weighted by atomic mass is 16.5. The molecule has 0 spiro atoms. The van der Waals surface area contributed by atoms with Gasteiger partial charge in [-0.15, -0.1) is 0 Å². The first kappa shape index (κ1) is 11.9. The second-order valence-electron chi connectivity index (χ2n) is 3.76. The van der Waals surface area contributed by atoms with Crippen LogP contribution in [0.15, 0.2) is 23.0 Å². The monoisotopic (exact) mass is 248 g/mol. The molecule has 1 heterocycles. The van der Waals surface area contributed by atoms with Crippen molar-refractivity contribution in [2.45, 2.75) is 13.5 Å². The number of anilines is 2. The van der Waals surface area contributed by atoms with Gasteiger partial charge in [0.2, 0.25) is 6.39 Å². The molecular formula is C11H12N4O3. The molecule has 0 radical (unpaired) electrons. The highest BCUT2D eigenvalue weighted by molar-refractivity contribution is 5.95. The highest BCUT2D eigenvalue weighted by Gasteiger charge is 2.11. The molecule has 1 aromatic carbocycles. The maximum atomic E-state index is 11.0. The normalized spacial score (nSPS) is 10.3. The van der Waals surface area contributed by atoms with E-state index in [0.29, 0.717) is 23.6 Å². The van der Waals surface area contributed by atoms with Crippen molar-refractivity contribution in [1.29, 1.82) is 0 Å². The SMILES string of the molecule is Cc1cc(NCc2ncon2)cc(C(=O)O)c1N. The van der Waals surface area contributed by atoms with E-state index in [9.17, 15) is 4.79 Å². The zero-order valence-electron chi connectivity index (χ0n) is 9.67. The number of carbonyl (C=O) groups is 1. The van der Waals surface area contributed by atoms with Crippen LogP contribution in [-0.2, 0) is 6.54 Å². The van der Waals surface area contributed by atoms with Gasteiger partial charge >= 0.3 is 5.97 Å². The van der Waals surface area contributed by atoms with Crippen LogP contribution in [-0.4, -0.2) is 21.2 Å². The summed E-state index contributed by atoms with van der Waals surface area (Å²) < 4.78 is 4.59. The Labute approximate surface area is 103 Å². The van der Waals surface area contributed by atoms with Gasteiger partial charge < -0.3 is 20.7 Å². The summed E-state index contributed by atoms with van der Waals surface area (Å²) in [6.45, 7) is 2.10. The van der Waals surface area contributed by atoms with Crippen LogP contribution in [0.3, 0.4) is 0 Å². The number of carboxylic acids is 1. The number of carboxylic acid groups (broad SMARTS) is 1. The first-order valence-corrected chi connectivity index (χ1v) is 5.20. The summed E-state index contributed by atoms with van der Waals surface area (Å²) in [7, 11) is 0. The first-order chi connectivity index (χ1) is 8.58. The number of nitrogens with zero attached hydrogens (tertiary/aromatic N) is 2. The van der Waals surface area contributed by atoms with Crippen molar-refractivity contribution in [3.8, 4) is 0 Å². The first-order valence-electron chi connectivity index (χ1n) is 5.20. The summed E-state index contributed by atoms with van der Waals surface area (Å²) in [5.74, 6) is -0.569. The van der Waals surface area contributed by atoms with Crippen molar-refractivity contribution >= 4 is 17.3 Å². The molecule has 0 saturated carbocycles. The van der Waals surface area contributed by atoms with E-state index in [1.807, 2.05) is 0 Å². The highest BCUT2D eigenvalue weighted by Crippen LogP contribution is 2.23. The smallest absolute Gasteiger partial charge is 0.337 e. The minimum absolute atomic E-state index is 0.0746. The van der Waals surface area contributed by atoms with Gasteiger partial charge in [-0.05, 0) is 24.6 Å². The minimum atomic E-state index is -1.06. The lowest BCUT2D eigenvalue weighted by Gasteiger charge is -2.10. The van der Waals surface area contributed by atoms with E-state index >= 15 is 0 Å². The molecule has 7 heteroatoms. The Bertz CT molecular complexity index is 566. The van der Waals surface area contributed by atoms with E-state index in [1.54, 1.807) is 13.0 Å². The van der Waals surface area contributed by atoms with Gasteiger partial charge in [-0.25, -0.2) is 4.79 Å². The molecule has 0 unspecified atom stereocenters. The van der Waals surface area contributed by atoms with Crippen LogP contribution in [0.1, 0.15) is 21.7 Å². The Morgan fingerprint density at radius 2 is 2.33 bits per heavy atom. The number of aromatic carboxylic acids is 1. The third-order valence-corrected chi connectivity index (χ3v) is 2.47. The molecule has 7 nitrogen and oxygen atoms in total. The van der Waals surface area contributed by atoms with Crippen LogP contribution >= 0.6 is 0 Å². The molecule has 2 rings (SSSR count). The standard InChI is InChI=1S/C11H12N4O3/c1-6-2-7(3-8(10(6)12)11(16)17)13-4-9-14-5-18-15-9/h2-3,5,13H,4,12H2,1H3,(H,16,17). The maximum Gasteiger partial charge on any atom is 0.337 e. The van der Waals surface area contributed by atoms with E-state index < -0.39 is 5.97 Å². The number of hydrogen-bond acceptors (Lipinski definition) is 6. The van der Waals surface area contributed by atoms with Crippen molar-refractivity contribution in [2.75, 3.05) is 11.1 Å². The van der Waals surface area contributed by atoms with E-state index in [1.165, 1.54) is 12.5 Å². The van der Waals surface area contributed by atoms with E-state index in [0.717, 1.165) is 0 Å². The van der Waals surface area contributed by atoms with Crippen LogP contribution in [0.25, 0.3) is 0 Å². The second kappa shape index (κ2) is 4.74. The number of nitrogens with one attached hydrogen (secondary N) is 1. The van der Waals surface area contributed by atoms with Crippen LogP contribution in [0.5, 0.6) is 0 Å². The third-order valence-electron chi connectivity index (χ3n) is 2.47. The summed E-state index contributed by atoms with van der Waals surface area (Å²) in [5.41, 5.74) is 7.38. The molecule has 0 aliphatic rings. The Morgan fingerprint density at radius 1 is 1.56 bits per heavy atom. The van der Waals surface area contributed by atoms with Gasteiger partial charge in [-0.1, -0.05) is 5.16 Å². The van der Waals surface area contributed by atoms with Crippen LogP contribution in [0, 0.1) is 6.92 Å². The Morgan fingerprint density at radius 3 is 2.94 bits per heavy atom. The molecule has 4 N–H and O–H groups in total. The molecule has 18 heavy (non-hydrogen) atoms. The summed E-state index contributed by atoms with van der Waals surface area (Å²) >= 11 is 0. The number of hydrogen-bond donors (Lipinski definition) is 3. The van der Waals surface area contributed by atoms with Crippen molar-refractivity contribution in [3.05, 3.63) is 35.5 Å². The van der Waals surface area contributed by atoms with Gasteiger partial charge in [-0.2, -0.15) is 4.98 Å². The lowest BCUT2D eigenvalue weighted by molar-refractivity contribution is 0.0698. The number of nitrogens with two attached hydrogens (primary N) is 1. The van der Waals surface area contributed by atoms with Crippen molar-refractivity contribution in [1.82, 2.24) is 10.1 Å². The van der Waals surface area contributed by atoms with Crippen molar-refractivity contribution < 1.29 is 14.4 Å². The third kappa shape index (κ3) is 2.40. The van der Waals surface area contributed by atoms with Crippen molar-refractivity contribution in [2.24, 2.45) is 0 Å². The molecule has 0 amide bonds. The Balaban J connectivity index is 2.21.